The van der Waals surface area contributed by atoms with Gasteiger partial charge in [-0.3, -0.25) is 4.79 Å². The SMILES string of the molecule is CN(Cc1cccc(C#N)c1)C(=O)c1ccc(F)cc1Cl. The number of carbonyl (C=O) groups excluding carboxylic acids is 1. The highest BCUT2D eigenvalue weighted by Crippen LogP contribution is 2.19. The Morgan fingerprint density at radius 2 is 2.10 bits per heavy atom. The number of nitriles is 1. The van der Waals surface area contributed by atoms with Gasteiger partial charge in [0.05, 0.1) is 22.2 Å². The first-order valence-corrected chi connectivity index (χ1v) is 6.58. The highest BCUT2D eigenvalue weighted by Gasteiger charge is 2.16. The van der Waals surface area contributed by atoms with Crippen molar-refractivity contribution in [3.63, 3.8) is 0 Å². The van der Waals surface area contributed by atoms with Crippen LogP contribution in [0.2, 0.25) is 5.02 Å². The molecule has 0 saturated heterocycles. The van der Waals surface area contributed by atoms with Gasteiger partial charge in [-0.05, 0) is 35.9 Å². The van der Waals surface area contributed by atoms with Gasteiger partial charge in [-0.15, -0.1) is 0 Å². The van der Waals surface area contributed by atoms with Gasteiger partial charge in [0, 0.05) is 13.6 Å². The lowest BCUT2D eigenvalue weighted by molar-refractivity contribution is 0.0785. The quantitative estimate of drug-likeness (QED) is 0.869. The van der Waals surface area contributed by atoms with Gasteiger partial charge in [0.15, 0.2) is 0 Å². The molecule has 1 amide bonds. The number of rotatable bonds is 3. The van der Waals surface area contributed by atoms with E-state index in [4.69, 9.17) is 16.9 Å². The first-order valence-electron chi connectivity index (χ1n) is 6.21. The van der Waals surface area contributed by atoms with Crippen molar-refractivity contribution in [2.75, 3.05) is 7.05 Å². The van der Waals surface area contributed by atoms with Crippen LogP contribution in [0.1, 0.15) is 21.5 Å². The van der Waals surface area contributed by atoms with E-state index in [1.165, 1.54) is 17.0 Å². The normalized spacial score (nSPS) is 10.0. The van der Waals surface area contributed by atoms with Gasteiger partial charge in [0.2, 0.25) is 0 Å². The van der Waals surface area contributed by atoms with Gasteiger partial charge in [-0.25, -0.2) is 4.39 Å². The molecule has 0 spiro atoms. The zero-order valence-corrected chi connectivity index (χ0v) is 12.1. The van der Waals surface area contributed by atoms with Crippen LogP contribution in [-0.4, -0.2) is 17.9 Å². The van der Waals surface area contributed by atoms with Crippen molar-refractivity contribution in [1.82, 2.24) is 4.90 Å². The molecule has 0 bridgehead atoms. The van der Waals surface area contributed by atoms with E-state index in [9.17, 15) is 9.18 Å². The van der Waals surface area contributed by atoms with E-state index in [1.807, 2.05) is 6.07 Å². The Hall–Kier alpha value is -2.38. The van der Waals surface area contributed by atoms with Crippen LogP contribution >= 0.6 is 11.6 Å². The first kappa shape index (κ1) is 15.0. The molecule has 0 unspecified atom stereocenters. The molecule has 0 saturated carbocycles. The monoisotopic (exact) mass is 302 g/mol. The highest BCUT2D eigenvalue weighted by molar-refractivity contribution is 6.33. The number of nitrogens with zero attached hydrogens (tertiary/aromatic N) is 2. The largest absolute Gasteiger partial charge is 0.337 e. The maximum absolute atomic E-state index is 13.0. The lowest BCUT2D eigenvalue weighted by Gasteiger charge is -2.18. The Bertz CT molecular complexity index is 724. The van der Waals surface area contributed by atoms with E-state index in [2.05, 4.69) is 6.07 Å². The highest BCUT2D eigenvalue weighted by atomic mass is 35.5. The molecule has 0 aliphatic carbocycles. The number of carbonyl (C=O) groups is 1. The predicted octanol–water partition coefficient (Wildman–Crippen LogP) is 3.62. The van der Waals surface area contributed by atoms with Crippen molar-refractivity contribution in [1.29, 1.82) is 5.26 Å². The molecule has 2 rings (SSSR count). The fourth-order valence-electron chi connectivity index (χ4n) is 1.95. The molecule has 0 radical (unpaired) electrons. The van der Waals surface area contributed by atoms with Crippen LogP contribution in [0.5, 0.6) is 0 Å². The third-order valence-electron chi connectivity index (χ3n) is 2.98. The standard InChI is InChI=1S/C16H12ClFN2O/c1-20(10-12-4-2-3-11(7-12)9-19)16(21)14-6-5-13(18)8-15(14)17/h2-8H,10H2,1H3. The van der Waals surface area contributed by atoms with Crippen LogP contribution in [0, 0.1) is 17.1 Å². The van der Waals surface area contributed by atoms with Gasteiger partial charge in [0.25, 0.3) is 5.91 Å². The molecule has 21 heavy (non-hydrogen) atoms. The number of benzene rings is 2. The Labute approximate surface area is 127 Å². The summed E-state index contributed by atoms with van der Waals surface area (Å²) in [5.74, 6) is -0.789. The van der Waals surface area contributed by atoms with E-state index in [1.54, 1.807) is 25.2 Å². The van der Waals surface area contributed by atoms with Crippen molar-refractivity contribution >= 4 is 17.5 Å². The topological polar surface area (TPSA) is 44.1 Å². The summed E-state index contributed by atoms with van der Waals surface area (Å²) in [5.41, 5.74) is 1.62. The zero-order valence-electron chi connectivity index (χ0n) is 11.3. The molecule has 0 aliphatic heterocycles. The van der Waals surface area contributed by atoms with Crippen LogP contribution in [0.3, 0.4) is 0 Å². The van der Waals surface area contributed by atoms with Crippen LogP contribution < -0.4 is 0 Å². The van der Waals surface area contributed by atoms with Gasteiger partial charge < -0.3 is 4.90 Å². The molecular formula is C16H12ClFN2O. The maximum atomic E-state index is 13.0. The van der Waals surface area contributed by atoms with E-state index >= 15 is 0 Å². The third kappa shape index (κ3) is 3.59. The molecule has 0 atom stereocenters. The Morgan fingerprint density at radius 1 is 1.33 bits per heavy atom. The van der Waals surface area contributed by atoms with Gasteiger partial charge in [-0.1, -0.05) is 23.7 Å². The number of halogens is 2. The fraction of sp³-hybridized carbons (Fsp3) is 0.125. The fourth-order valence-corrected chi connectivity index (χ4v) is 2.20. The van der Waals surface area contributed by atoms with E-state index < -0.39 is 5.82 Å². The Balaban J connectivity index is 2.17. The summed E-state index contributed by atoms with van der Waals surface area (Å²) in [5, 5.41) is 8.94. The minimum Gasteiger partial charge on any atom is -0.337 e. The molecule has 0 aliphatic rings. The molecular weight excluding hydrogens is 291 g/mol. The molecule has 2 aromatic carbocycles. The van der Waals surface area contributed by atoms with E-state index in [-0.39, 0.29) is 16.5 Å². The number of amides is 1. The summed E-state index contributed by atoms with van der Waals surface area (Å²) >= 11 is 5.89. The minimum absolute atomic E-state index is 0.0811. The molecule has 106 valence electrons. The summed E-state index contributed by atoms with van der Waals surface area (Å²) < 4.78 is 13.0. The maximum Gasteiger partial charge on any atom is 0.255 e. The summed E-state index contributed by atoms with van der Waals surface area (Å²) in [4.78, 5) is 13.8. The summed E-state index contributed by atoms with van der Waals surface area (Å²) in [6.07, 6.45) is 0. The second-order valence-corrected chi connectivity index (χ2v) is 5.00. The van der Waals surface area contributed by atoms with Crippen molar-refractivity contribution in [2.24, 2.45) is 0 Å². The molecule has 3 nitrogen and oxygen atoms in total. The molecule has 0 aromatic heterocycles. The van der Waals surface area contributed by atoms with Crippen LogP contribution in [-0.2, 0) is 6.54 Å². The van der Waals surface area contributed by atoms with Crippen molar-refractivity contribution < 1.29 is 9.18 Å². The van der Waals surface area contributed by atoms with Gasteiger partial charge in [-0.2, -0.15) is 5.26 Å². The summed E-state index contributed by atoms with van der Waals surface area (Å²) in [7, 11) is 1.63. The zero-order chi connectivity index (χ0) is 15.4. The van der Waals surface area contributed by atoms with Crippen molar-refractivity contribution in [2.45, 2.75) is 6.54 Å². The molecule has 5 heteroatoms. The summed E-state index contributed by atoms with van der Waals surface area (Å²) in [6.45, 7) is 0.335. The van der Waals surface area contributed by atoms with Crippen LogP contribution in [0.4, 0.5) is 4.39 Å². The third-order valence-corrected chi connectivity index (χ3v) is 3.30. The molecule has 0 N–H and O–H groups in total. The Kier molecular flexibility index (Phi) is 4.56. The second kappa shape index (κ2) is 6.38. The summed E-state index contributed by atoms with van der Waals surface area (Å²) in [6, 6.07) is 12.7. The lowest BCUT2D eigenvalue weighted by atomic mass is 10.1. The lowest BCUT2D eigenvalue weighted by Crippen LogP contribution is -2.26. The number of hydrogen-bond donors (Lipinski definition) is 0. The average molecular weight is 303 g/mol. The smallest absolute Gasteiger partial charge is 0.255 e. The molecule has 2 aromatic rings. The first-order chi connectivity index (χ1) is 10.0. The molecule has 0 fully saturated rings. The van der Waals surface area contributed by atoms with Gasteiger partial charge in [0.1, 0.15) is 5.82 Å². The molecule has 0 heterocycles. The van der Waals surface area contributed by atoms with E-state index in [0.29, 0.717) is 12.1 Å². The van der Waals surface area contributed by atoms with Crippen LogP contribution in [0.15, 0.2) is 42.5 Å². The van der Waals surface area contributed by atoms with Gasteiger partial charge >= 0.3 is 0 Å². The van der Waals surface area contributed by atoms with Crippen molar-refractivity contribution in [3.05, 3.63) is 70.0 Å². The number of hydrogen-bond acceptors (Lipinski definition) is 2. The minimum atomic E-state index is -0.485. The Morgan fingerprint density at radius 3 is 2.76 bits per heavy atom. The van der Waals surface area contributed by atoms with E-state index in [0.717, 1.165) is 11.6 Å². The predicted molar refractivity (Wildman–Crippen MR) is 78.4 cm³/mol. The van der Waals surface area contributed by atoms with Crippen LogP contribution in [0.25, 0.3) is 0 Å². The van der Waals surface area contributed by atoms with Crippen molar-refractivity contribution in [3.8, 4) is 6.07 Å². The average Bonchev–Trinajstić information content (AvgIpc) is 2.46. The second-order valence-electron chi connectivity index (χ2n) is 4.60.